The third kappa shape index (κ3) is 4.89. The fraction of sp³-hybridized carbons (Fsp3) is 0.214. The lowest BCUT2D eigenvalue weighted by Crippen LogP contribution is -2.29. The Balaban J connectivity index is 1.67. The van der Waals surface area contributed by atoms with Crippen molar-refractivity contribution in [2.75, 3.05) is 15.9 Å². The monoisotopic (exact) mass is 565 g/mol. The van der Waals surface area contributed by atoms with Crippen LogP contribution in [0.3, 0.4) is 0 Å². The molecule has 2 N–H and O–H groups in total. The van der Waals surface area contributed by atoms with Gasteiger partial charge in [-0.3, -0.25) is 9.71 Å². The highest BCUT2D eigenvalue weighted by Gasteiger charge is 2.43. The SMILES string of the molecule is Cc1c(C2C(c3ccccn3)NC(=S)N2c2ccc(NS(C)(=O)=O)cc2)c(C)n(-c2cccc(Cl)c2)c1C. The summed E-state index contributed by atoms with van der Waals surface area (Å²) < 4.78 is 28.2. The number of nitrogens with zero attached hydrogens (tertiary/aromatic N) is 3. The van der Waals surface area contributed by atoms with E-state index in [1.807, 2.05) is 54.6 Å². The van der Waals surface area contributed by atoms with Crippen molar-refractivity contribution in [3.05, 3.63) is 106 Å². The predicted octanol–water partition coefficient (Wildman–Crippen LogP) is 6.00. The Hall–Kier alpha value is -3.40. The average Bonchev–Trinajstić information content (AvgIpc) is 3.31. The van der Waals surface area contributed by atoms with Gasteiger partial charge in [0.05, 0.1) is 24.0 Å². The van der Waals surface area contributed by atoms with Gasteiger partial charge in [0.25, 0.3) is 0 Å². The van der Waals surface area contributed by atoms with Crippen LogP contribution in [-0.4, -0.2) is 29.3 Å². The highest BCUT2D eigenvalue weighted by Crippen LogP contribution is 2.45. The first kappa shape index (κ1) is 26.2. The molecule has 0 spiro atoms. The first-order chi connectivity index (χ1) is 18.0. The van der Waals surface area contributed by atoms with Gasteiger partial charge < -0.3 is 14.8 Å². The van der Waals surface area contributed by atoms with Gasteiger partial charge in [-0.1, -0.05) is 23.7 Å². The molecule has 0 aliphatic carbocycles. The number of hydrogen-bond donors (Lipinski definition) is 2. The van der Waals surface area contributed by atoms with Crippen molar-refractivity contribution < 1.29 is 8.42 Å². The van der Waals surface area contributed by atoms with Crippen molar-refractivity contribution in [2.24, 2.45) is 0 Å². The number of aromatic nitrogens is 2. The van der Waals surface area contributed by atoms with E-state index in [1.165, 1.54) is 0 Å². The number of thiocarbonyl (C=S) groups is 1. The number of sulfonamides is 1. The van der Waals surface area contributed by atoms with Gasteiger partial charge in [-0.15, -0.1) is 0 Å². The maximum atomic E-state index is 11.7. The summed E-state index contributed by atoms with van der Waals surface area (Å²) in [4.78, 5) is 6.76. The molecule has 0 radical (unpaired) electrons. The summed E-state index contributed by atoms with van der Waals surface area (Å²) in [5.41, 5.74) is 7.70. The molecule has 1 aliphatic heterocycles. The molecule has 0 amide bonds. The van der Waals surface area contributed by atoms with Crippen molar-refractivity contribution in [3.63, 3.8) is 0 Å². The molecule has 10 heteroatoms. The van der Waals surface area contributed by atoms with E-state index in [4.69, 9.17) is 23.8 Å². The second-order valence-electron chi connectivity index (χ2n) is 9.44. The van der Waals surface area contributed by atoms with Crippen molar-refractivity contribution in [3.8, 4) is 5.69 Å². The second kappa shape index (κ2) is 10.1. The summed E-state index contributed by atoms with van der Waals surface area (Å²) in [7, 11) is -3.38. The Kier molecular flexibility index (Phi) is 6.94. The molecule has 0 saturated carbocycles. The summed E-state index contributed by atoms with van der Waals surface area (Å²) in [6, 6.07) is 20.5. The van der Waals surface area contributed by atoms with Crippen LogP contribution in [0.1, 0.15) is 40.3 Å². The van der Waals surface area contributed by atoms with Gasteiger partial charge in [-0.25, -0.2) is 8.42 Å². The molecule has 7 nitrogen and oxygen atoms in total. The number of pyridine rings is 1. The largest absolute Gasteiger partial charge is 0.351 e. The maximum absolute atomic E-state index is 11.7. The molecule has 4 aromatic rings. The zero-order chi connectivity index (χ0) is 27.2. The molecule has 1 aliphatic rings. The van der Waals surface area contributed by atoms with E-state index in [0.29, 0.717) is 15.8 Å². The van der Waals surface area contributed by atoms with Gasteiger partial charge in [-0.05, 0) is 93.1 Å². The van der Waals surface area contributed by atoms with Gasteiger partial charge in [-0.2, -0.15) is 0 Å². The van der Waals surface area contributed by atoms with E-state index in [1.54, 1.807) is 18.3 Å². The molecule has 1 fully saturated rings. The standard InChI is InChI=1S/C28H28ClN5O2S2/c1-17-18(2)33(23-9-7-8-20(29)16-23)19(3)25(17)27-26(24-10-5-6-15-30-24)31-28(37)34(27)22-13-11-21(12-14-22)32-38(4,35)36/h5-16,26-27,32H,1-4H3,(H,31,37). The van der Waals surface area contributed by atoms with Crippen LogP contribution in [0, 0.1) is 20.8 Å². The summed E-state index contributed by atoms with van der Waals surface area (Å²) in [6.07, 6.45) is 2.92. The van der Waals surface area contributed by atoms with Crippen LogP contribution >= 0.6 is 23.8 Å². The van der Waals surface area contributed by atoms with Crippen LogP contribution in [0.25, 0.3) is 5.69 Å². The van der Waals surface area contributed by atoms with E-state index in [9.17, 15) is 8.42 Å². The summed E-state index contributed by atoms with van der Waals surface area (Å²) in [5.74, 6) is 0. The van der Waals surface area contributed by atoms with E-state index in [0.717, 1.165) is 45.8 Å². The van der Waals surface area contributed by atoms with Crippen LogP contribution in [0.15, 0.2) is 72.9 Å². The van der Waals surface area contributed by atoms with Crippen LogP contribution in [0.5, 0.6) is 0 Å². The number of halogens is 1. The van der Waals surface area contributed by atoms with Crippen LogP contribution in [0.2, 0.25) is 5.02 Å². The predicted molar refractivity (Wildman–Crippen MR) is 158 cm³/mol. The minimum atomic E-state index is -3.38. The Morgan fingerprint density at radius 1 is 0.974 bits per heavy atom. The number of benzene rings is 2. The van der Waals surface area contributed by atoms with Crippen LogP contribution in [0.4, 0.5) is 11.4 Å². The molecule has 196 valence electrons. The average molecular weight is 566 g/mol. The molecule has 5 rings (SSSR count). The van der Waals surface area contributed by atoms with Crippen molar-refractivity contribution in [1.29, 1.82) is 0 Å². The zero-order valence-corrected chi connectivity index (χ0v) is 23.8. The summed E-state index contributed by atoms with van der Waals surface area (Å²) in [6.45, 7) is 6.36. The smallest absolute Gasteiger partial charge is 0.229 e. The Morgan fingerprint density at radius 2 is 1.71 bits per heavy atom. The van der Waals surface area contributed by atoms with Gasteiger partial charge in [0.15, 0.2) is 5.11 Å². The van der Waals surface area contributed by atoms with Crippen molar-refractivity contribution in [2.45, 2.75) is 32.9 Å². The molecule has 2 aromatic carbocycles. The van der Waals surface area contributed by atoms with Crippen LogP contribution in [-0.2, 0) is 10.0 Å². The molecule has 2 aromatic heterocycles. The van der Waals surface area contributed by atoms with Crippen LogP contribution < -0.4 is 14.9 Å². The summed E-state index contributed by atoms with van der Waals surface area (Å²) in [5, 5.41) is 4.75. The molecule has 1 saturated heterocycles. The first-order valence-electron chi connectivity index (χ1n) is 12.1. The van der Waals surface area contributed by atoms with Gasteiger partial charge in [0.1, 0.15) is 0 Å². The minimum absolute atomic E-state index is 0.203. The first-order valence-corrected chi connectivity index (χ1v) is 14.8. The van der Waals surface area contributed by atoms with Crippen molar-refractivity contribution in [1.82, 2.24) is 14.9 Å². The molecule has 38 heavy (non-hydrogen) atoms. The molecule has 2 atom stereocenters. The molecule has 3 heterocycles. The normalized spacial score (nSPS) is 17.5. The second-order valence-corrected chi connectivity index (χ2v) is 12.0. The highest BCUT2D eigenvalue weighted by molar-refractivity contribution is 7.92. The van der Waals surface area contributed by atoms with Gasteiger partial charge >= 0.3 is 0 Å². The van der Waals surface area contributed by atoms with Gasteiger partial charge in [0, 0.05) is 45.2 Å². The highest BCUT2D eigenvalue weighted by atomic mass is 35.5. The Bertz CT molecular complexity index is 1620. The van der Waals surface area contributed by atoms with E-state index in [-0.39, 0.29) is 12.1 Å². The summed E-state index contributed by atoms with van der Waals surface area (Å²) >= 11 is 12.2. The topological polar surface area (TPSA) is 79.3 Å². The van der Waals surface area contributed by atoms with Crippen molar-refractivity contribution >= 4 is 50.3 Å². The number of hydrogen-bond acceptors (Lipinski definition) is 4. The van der Waals surface area contributed by atoms with E-state index >= 15 is 0 Å². The maximum Gasteiger partial charge on any atom is 0.229 e. The lowest BCUT2D eigenvalue weighted by Gasteiger charge is -2.29. The van der Waals surface area contributed by atoms with E-state index < -0.39 is 10.0 Å². The molecule has 2 unspecified atom stereocenters. The lowest BCUT2D eigenvalue weighted by molar-refractivity contribution is 0.563. The molecule has 0 bridgehead atoms. The number of rotatable bonds is 6. The number of anilines is 2. The van der Waals surface area contributed by atoms with Gasteiger partial charge in [0.2, 0.25) is 10.0 Å². The van der Waals surface area contributed by atoms with E-state index in [2.05, 4.69) is 45.3 Å². The third-order valence-corrected chi connectivity index (χ3v) is 8.07. The Morgan fingerprint density at radius 3 is 2.34 bits per heavy atom. The number of nitrogens with one attached hydrogen (secondary N) is 2. The minimum Gasteiger partial charge on any atom is -0.351 e. The fourth-order valence-corrected chi connectivity index (χ4v) is 6.37. The molecular formula is C28H28ClN5O2S2. The zero-order valence-electron chi connectivity index (χ0n) is 21.4. The quantitative estimate of drug-likeness (QED) is 0.279. The molecular weight excluding hydrogens is 538 g/mol. The fourth-order valence-electron chi connectivity index (χ4n) is 5.27. The lowest BCUT2D eigenvalue weighted by atomic mass is 9.93. The third-order valence-electron chi connectivity index (χ3n) is 6.92. The Labute approximate surface area is 233 Å².